The Morgan fingerprint density at radius 1 is 1.17 bits per heavy atom. The van der Waals surface area contributed by atoms with E-state index in [4.69, 9.17) is 11.5 Å². The number of carbonyl (C=O) groups is 1. The van der Waals surface area contributed by atoms with Crippen molar-refractivity contribution < 1.29 is 9.90 Å². The Kier molecular flexibility index (Phi) is 3.89. The Morgan fingerprint density at radius 2 is 2.00 bits per heavy atom. The monoisotopic (exact) mass is 310 g/mol. The molecule has 0 unspecified atom stereocenters. The SMILES string of the molecule is NC(=O)CCc1ccc2c(c1)nc(N)n2Cc1cccc(O)c1. The third-order valence-electron chi connectivity index (χ3n) is 3.75. The van der Waals surface area contributed by atoms with E-state index in [1.165, 1.54) is 0 Å². The number of imidazole rings is 1. The molecular formula is C17H18N4O2. The minimum atomic E-state index is -0.320. The molecule has 0 saturated heterocycles. The molecule has 0 radical (unpaired) electrons. The molecule has 118 valence electrons. The predicted molar refractivity (Wildman–Crippen MR) is 88.9 cm³/mol. The second kappa shape index (κ2) is 6.00. The maximum absolute atomic E-state index is 10.9. The second-order valence-corrected chi connectivity index (χ2v) is 5.52. The van der Waals surface area contributed by atoms with Gasteiger partial charge in [0.05, 0.1) is 17.6 Å². The normalized spacial score (nSPS) is 11.0. The number of aryl methyl sites for hydroxylation is 1. The predicted octanol–water partition coefficient (Wildman–Crippen LogP) is 1.79. The van der Waals surface area contributed by atoms with Crippen LogP contribution in [0.4, 0.5) is 5.95 Å². The Morgan fingerprint density at radius 3 is 2.74 bits per heavy atom. The first-order valence-electron chi connectivity index (χ1n) is 7.34. The summed E-state index contributed by atoms with van der Waals surface area (Å²) in [6, 6.07) is 12.9. The van der Waals surface area contributed by atoms with Gasteiger partial charge in [0, 0.05) is 6.42 Å². The van der Waals surface area contributed by atoms with Crippen molar-refractivity contribution >= 4 is 22.9 Å². The molecule has 1 aromatic heterocycles. The lowest BCUT2D eigenvalue weighted by Crippen LogP contribution is -2.11. The van der Waals surface area contributed by atoms with Crippen LogP contribution in [0.1, 0.15) is 17.5 Å². The third kappa shape index (κ3) is 3.26. The van der Waals surface area contributed by atoms with Gasteiger partial charge in [-0.1, -0.05) is 18.2 Å². The summed E-state index contributed by atoms with van der Waals surface area (Å²) in [4.78, 5) is 15.3. The van der Waals surface area contributed by atoms with Gasteiger partial charge in [0.1, 0.15) is 5.75 Å². The number of hydrogen-bond acceptors (Lipinski definition) is 4. The number of amides is 1. The molecule has 0 bridgehead atoms. The summed E-state index contributed by atoms with van der Waals surface area (Å²) in [5.74, 6) is 0.314. The van der Waals surface area contributed by atoms with Crippen LogP contribution in [0.15, 0.2) is 42.5 Å². The molecule has 5 N–H and O–H groups in total. The zero-order chi connectivity index (χ0) is 16.4. The minimum Gasteiger partial charge on any atom is -0.508 e. The van der Waals surface area contributed by atoms with Gasteiger partial charge in [-0.25, -0.2) is 4.98 Å². The van der Waals surface area contributed by atoms with Crippen LogP contribution in [-0.2, 0) is 17.8 Å². The number of phenolic OH excluding ortho intramolecular Hbond substituents is 1. The Balaban J connectivity index is 1.92. The molecule has 0 atom stereocenters. The summed E-state index contributed by atoms with van der Waals surface area (Å²) in [5, 5.41) is 9.57. The van der Waals surface area contributed by atoms with Crippen LogP contribution < -0.4 is 11.5 Å². The van der Waals surface area contributed by atoms with E-state index in [2.05, 4.69) is 4.98 Å². The van der Waals surface area contributed by atoms with Crippen LogP contribution in [0.5, 0.6) is 5.75 Å². The van der Waals surface area contributed by atoms with Crippen molar-refractivity contribution in [2.45, 2.75) is 19.4 Å². The number of nitrogens with zero attached hydrogens (tertiary/aromatic N) is 2. The summed E-state index contributed by atoms with van der Waals surface area (Å²) in [5.41, 5.74) is 14.8. The molecular weight excluding hydrogens is 292 g/mol. The maximum Gasteiger partial charge on any atom is 0.217 e. The molecule has 0 saturated carbocycles. The zero-order valence-corrected chi connectivity index (χ0v) is 12.6. The molecule has 3 aromatic rings. The van der Waals surface area contributed by atoms with Gasteiger partial charge in [-0.3, -0.25) is 4.79 Å². The Labute approximate surface area is 133 Å². The van der Waals surface area contributed by atoms with E-state index in [0.717, 1.165) is 22.2 Å². The van der Waals surface area contributed by atoms with E-state index < -0.39 is 0 Å². The third-order valence-corrected chi connectivity index (χ3v) is 3.75. The number of anilines is 1. The van der Waals surface area contributed by atoms with Gasteiger partial charge in [-0.2, -0.15) is 0 Å². The molecule has 0 aliphatic carbocycles. The van der Waals surface area contributed by atoms with E-state index in [-0.39, 0.29) is 11.7 Å². The number of rotatable bonds is 5. The lowest BCUT2D eigenvalue weighted by molar-refractivity contribution is -0.117. The standard InChI is InChI=1S/C17H18N4O2/c18-16(23)7-5-11-4-6-15-14(9-11)20-17(19)21(15)10-12-2-1-3-13(22)8-12/h1-4,6,8-9,22H,5,7,10H2,(H2,18,23)(H2,19,20). The summed E-state index contributed by atoms with van der Waals surface area (Å²) in [6.45, 7) is 0.525. The fraction of sp³-hybridized carbons (Fsp3) is 0.176. The molecule has 2 aromatic carbocycles. The van der Waals surface area contributed by atoms with Crippen LogP contribution in [0.2, 0.25) is 0 Å². The largest absolute Gasteiger partial charge is 0.508 e. The average Bonchev–Trinajstić information content (AvgIpc) is 2.80. The molecule has 1 amide bonds. The van der Waals surface area contributed by atoms with Crippen molar-refractivity contribution in [3.05, 3.63) is 53.6 Å². The average molecular weight is 310 g/mol. The number of nitrogen functional groups attached to an aromatic ring is 1. The Bertz CT molecular complexity index is 870. The van der Waals surface area contributed by atoms with E-state index in [9.17, 15) is 9.90 Å². The molecule has 0 aliphatic heterocycles. The lowest BCUT2D eigenvalue weighted by atomic mass is 10.1. The molecule has 6 nitrogen and oxygen atoms in total. The van der Waals surface area contributed by atoms with Gasteiger partial charge >= 0.3 is 0 Å². The van der Waals surface area contributed by atoms with Crippen molar-refractivity contribution in [1.29, 1.82) is 0 Å². The molecule has 0 aliphatic rings. The van der Waals surface area contributed by atoms with E-state index in [1.807, 2.05) is 28.8 Å². The van der Waals surface area contributed by atoms with Gasteiger partial charge in [-0.05, 0) is 41.8 Å². The highest BCUT2D eigenvalue weighted by atomic mass is 16.3. The highest BCUT2D eigenvalue weighted by Gasteiger charge is 2.10. The maximum atomic E-state index is 10.9. The van der Waals surface area contributed by atoms with Crippen molar-refractivity contribution in [2.75, 3.05) is 5.73 Å². The highest BCUT2D eigenvalue weighted by Crippen LogP contribution is 2.22. The molecule has 1 heterocycles. The summed E-state index contributed by atoms with van der Waals surface area (Å²) < 4.78 is 1.89. The molecule has 6 heteroatoms. The fourth-order valence-electron chi connectivity index (χ4n) is 2.62. The van der Waals surface area contributed by atoms with Crippen LogP contribution >= 0.6 is 0 Å². The fourth-order valence-corrected chi connectivity index (χ4v) is 2.62. The van der Waals surface area contributed by atoms with Gasteiger partial charge in [0.15, 0.2) is 0 Å². The number of carbonyl (C=O) groups excluding carboxylic acids is 1. The topological polar surface area (TPSA) is 107 Å². The minimum absolute atomic E-state index is 0.222. The first kappa shape index (κ1) is 14.9. The van der Waals surface area contributed by atoms with Gasteiger partial charge in [0.2, 0.25) is 11.9 Å². The van der Waals surface area contributed by atoms with Crippen molar-refractivity contribution in [3.8, 4) is 5.75 Å². The molecule has 0 spiro atoms. The number of aromatic hydroxyl groups is 1. The highest BCUT2D eigenvalue weighted by molar-refractivity contribution is 5.79. The van der Waals surface area contributed by atoms with E-state index in [0.29, 0.717) is 25.3 Å². The number of fused-ring (bicyclic) bond motifs is 1. The number of benzene rings is 2. The lowest BCUT2D eigenvalue weighted by Gasteiger charge is -2.07. The van der Waals surface area contributed by atoms with Crippen LogP contribution in [-0.4, -0.2) is 20.6 Å². The molecule has 3 rings (SSSR count). The smallest absolute Gasteiger partial charge is 0.217 e. The van der Waals surface area contributed by atoms with Crippen molar-refractivity contribution in [1.82, 2.24) is 9.55 Å². The quantitative estimate of drug-likeness (QED) is 0.667. The van der Waals surface area contributed by atoms with Crippen LogP contribution in [0, 0.1) is 0 Å². The molecule has 23 heavy (non-hydrogen) atoms. The first-order valence-corrected chi connectivity index (χ1v) is 7.34. The number of aromatic nitrogens is 2. The summed E-state index contributed by atoms with van der Waals surface area (Å²) in [7, 11) is 0. The second-order valence-electron chi connectivity index (χ2n) is 5.52. The number of nitrogens with two attached hydrogens (primary N) is 2. The summed E-state index contributed by atoms with van der Waals surface area (Å²) >= 11 is 0. The van der Waals surface area contributed by atoms with Crippen molar-refractivity contribution in [3.63, 3.8) is 0 Å². The van der Waals surface area contributed by atoms with Gasteiger partial charge < -0.3 is 21.1 Å². The number of phenols is 1. The van der Waals surface area contributed by atoms with Crippen molar-refractivity contribution in [2.24, 2.45) is 5.73 Å². The van der Waals surface area contributed by atoms with Gasteiger partial charge in [-0.15, -0.1) is 0 Å². The van der Waals surface area contributed by atoms with Crippen LogP contribution in [0.3, 0.4) is 0 Å². The zero-order valence-electron chi connectivity index (χ0n) is 12.6. The summed E-state index contributed by atoms with van der Waals surface area (Å²) in [6.07, 6.45) is 0.898. The van der Waals surface area contributed by atoms with Gasteiger partial charge in [0.25, 0.3) is 0 Å². The Hall–Kier alpha value is -3.02. The number of primary amides is 1. The molecule has 0 fully saturated rings. The van der Waals surface area contributed by atoms with E-state index in [1.54, 1.807) is 18.2 Å². The number of hydrogen-bond donors (Lipinski definition) is 3. The van der Waals surface area contributed by atoms with E-state index >= 15 is 0 Å². The van der Waals surface area contributed by atoms with Crippen LogP contribution in [0.25, 0.3) is 11.0 Å². The first-order chi connectivity index (χ1) is 11.0.